The average molecular weight is 283 g/mol. The van der Waals surface area contributed by atoms with Gasteiger partial charge in [0, 0.05) is 6.20 Å². The van der Waals surface area contributed by atoms with Crippen molar-refractivity contribution < 1.29 is 0 Å². The fourth-order valence-corrected chi connectivity index (χ4v) is 1.74. The number of aromatic nitrogens is 2. The first-order valence-corrected chi connectivity index (χ1v) is 6.84. The van der Waals surface area contributed by atoms with Crippen LogP contribution in [0.5, 0.6) is 0 Å². The van der Waals surface area contributed by atoms with Gasteiger partial charge in [-0.25, -0.2) is 9.98 Å². The third-order valence-electron chi connectivity index (χ3n) is 2.61. The third-order valence-corrected chi connectivity index (χ3v) is 2.61. The fraction of sp³-hybridized carbons (Fsp3) is 0.250. The zero-order valence-electron chi connectivity index (χ0n) is 12.9. The molecule has 0 saturated carbocycles. The largest absolute Gasteiger partial charge is 0.382 e. The molecule has 2 heterocycles. The van der Waals surface area contributed by atoms with Crippen LogP contribution >= 0.6 is 0 Å². The van der Waals surface area contributed by atoms with Crippen molar-refractivity contribution in [2.45, 2.75) is 27.7 Å². The molecule has 0 bridgehead atoms. The van der Waals surface area contributed by atoms with Gasteiger partial charge in [0.05, 0.1) is 11.4 Å². The average Bonchev–Trinajstić information content (AvgIpc) is 2.49. The molecular formula is C16H21N5. The highest BCUT2D eigenvalue weighted by Gasteiger charge is 2.07. The Morgan fingerprint density at radius 3 is 2.43 bits per heavy atom. The van der Waals surface area contributed by atoms with Gasteiger partial charge in [-0.2, -0.15) is 0 Å². The molecule has 2 aromatic rings. The molecule has 0 fully saturated rings. The SMILES string of the molecule is CC.Cc1ccnc(-c2cc(C)cc(C(N)=NC=N)n2)c1. The van der Waals surface area contributed by atoms with Crippen molar-refractivity contribution in [1.82, 2.24) is 9.97 Å². The molecule has 5 heteroatoms. The van der Waals surface area contributed by atoms with Crippen molar-refractivity contribution in [3.63, 3.8) is 0 Å². The molecule has 3 N–H and O–H groups in total. The minimum Gasteiger partial charge on any atom is -0.382 e. The Kier molecular flexibility index (Phi) is 6.20. The number of hydrogen-bond donors (Lipinski definition) is 2. The van der Waals surface area contributed by atoms with E-state index >= 15 is 0 Å². The topological polar surface area (TPSA) is 88.0 Å². The first-order chi connectivity index (χ1) is 10.1. The van der Waals surface area contributed by atoms with Crippen molar-refractivity contribution >= 4 is 12.2 Å². The predicted octanol–water partition coefficient (Wildman–Crippen LogP) is 3.10. The second kappa shape index (κ2) is 7.89. The summed E-state index contributed by atoms with van der Waals surface area (Å²) in [6, 6.07) is 7.69. The van der Waals surface area contributed by atoms with Gasteiger partial charge in [0.2, 0.25) is 0 Å². The summed E-state index contributed by atoms with van der Waals surface area (Å²) < 4.78 is 0. The summed E-state index contributed by atoms with van der Waals surface area (Å²) in [5.41, 5.74) is 10.0. The van der Waals surface area contributed by atoms with E-state index in [0.29, 0.717) is 5.69 Å². The van der Waals surface area contributed by atoms with Gasteiger partial charge in [-0.05, 0) is 49.2 Å². The van der Waals surface area contributed by atoms with E-state index in [-0.39, 0.29) is 5.84 Å². The van der Waals surface area contributed by atoms with Crippen LogP contribution in [0.25, 0.3) is 11.4 Å². The zero-order valence-corrected chi connectivity index (χ0v) is 12.9. The molecule has 2 aromatic heterocycles. The number of rotatable bonds is 3. The Morgan fingerprint density at radius 2 is 1.81 bits per heavy atom. The summed E-state index contributed by atoms with van der Waals surface area (Å²) in [5, 5.41) is 6.95. The number of aryl methyl sites for hydroxylation is 2. The van der Waals surface area contributed by atoms with Crippen LogP contribution in [0.1, 0.15) is 30.7 Å². The highest BCUT2D eigenvalue weighted by Crippen LogP contribution is 2.17. The van der Waals surface area contributed by atoms with Gasteiger partial charge >= 0.3 is 0 Å². The lowest BCUT2D eigenvalue weighted by Crippen LogP contribution is -2.16. The lowest BCUT2D eigenvalue weighted by molar-refractivity contribution is 1.19. The van der Waals surface area contributed by atoms with Gasteiger partial charge < -0.3 is 5.73 Å². The maximum Gasteiger partial charge on any atom is 0.151 e. The Bertz CT molecular complexity index is 647. The molecule has 21 heavy (non-hydrogen) atoms. The minimum atomic E-state index is 0.229. The number of nitrogens with zero attached hydrogens (tertiary/aromatic N) is 3. The summed E-state index contributed by atoms with van der Waals surface area (Å²) in [5.74, 6) is 0.229. The molecule has 0 spiro atoms. The van der Waals surface area contributed by atoms with Crippen molar-refractivity contribution in [3.05, 3.63) is 47.3 Å². The van der Waals surface area contributed by atoms with Crippen LogP contribution in [0.15, 0.2) is 35.5 Å². The Balaban J connectivity index is 0.00000106. The zero-order chi connectivity index (χ0) is 15.8. The van der Waals surface area contributed by atoms with E-state index in [1.165, 1.54) is 0 Å². The van der Waals surface area contributed by atoms with Crippen LogP contribution in [0, 0.1) is 19.3 Å². The van der Waals surface area contributed by atoms with Crippen molar-refractivity contribution in [2.24, 2.45) is 10.7 Å². The van der Waals surface area contributed by atoms with Crippen molar-refractivity contribution in [2.75, 3.05) is 0 Å². The second-order valence-electron chi connectivity index (χ2n) is 4.28. The highest BCUT2D eigenvalue weighted by molar-refractivity contribution is 5.99. The Hall–Kier alpha value is -2.56. The van der Waals surface area contributed by atoms with Gasteiger partial charge in [0.25, 0.3) is 0 Å². The maximum atomic E-state index is 6.95. The number of nitrogens with two attached hydrogens (primary N) is 1. The molecule has 0 aliphatic heterocycles. The summed E-state index contributed by atoms with van der Waals surface area (Å²) >= 11 is 0. The van der Waals surface area contributed by atoms with Gasteiger partial charge in [-0.15, -0.1) is 0 Å². The van der Waals surface area contributed by atoms with E-state index in [9.17, 15) is 0 Å². The molecule has 0 amide bonds. The molecule has 110 valence electrons. The Labute approximate surface area is 125 Å². The van der Waals surface area contributed by atoms with Gasteiger partial charge in [0.15, 0.2) is 5.84 Å². The number of hydrogen-bond acceptors (Lipinski definition) is 3. The van der Waals surface area contributed by atoms with Crippen molar-refractivity contribution in [3.8, 4) is 11.4 Å². The first-order valence-electron chi connectivity index (χ1n) is 6.84. The molecule has 0 aromatic carbocycles. The molecule has 0 aliphatic rings. The molecule has 0 unspecified atom stereocenters. The summed E-state index contributed by atoms with van der Waals surface area (Å²) in [6.45, 7) is 7.97. The summed E-state index contributed by atoms with van der Waals surface area (Å²) in [6.07, 6.45) is 2.66. The second-order valence-corrected chi connectivity index (χ2v) is 4.28. The molecule has 0 saturated heterocycles. The van der Waals surface area contributed by atoms with Crippen LogP contribution < -0.4 is 5.73 Å². The molecular weight excluding hydrogens is 262 g/mol. The lowest BCUT2D eigenvalue weighted by atomic mass is 10.1. The minimum absolute atomic E-state index is 0.229. The van der Waals surface area contributed by atoms with E-state index in [4.69, 9.17) is 11.1 Å². The van der Waals surface area contributed by atoms with E-state index in [0.717, 1.165) is 28.9 Å². The van der Waals surface area contributed by atoms with Crippen LogP contribution in [-0.4, -0.2) is 22.1 Å². The predicted molar refractivity (Wildman–Crippen MR) is 87.8 cm³/mol. The molecule has 0 atom stereocenters. The number of nitrogens with one attached hydrogen (secondary N) is 1. The lowest BCUT2D eigenvalue weighted by Gasteiger charge is -2.06. The van der Waals surface area contributed by atoms with Gasteiger partial charge in [-0.1, -0.05) is 13.8 Å². The van der Waals surface area contributed by atoms with Crippen molar-refractivity contribution in [1.29, 1.82) is 5.41 Å². The highest BCUT2D eigenvalue weighted by atomic mass is 14.9. The maximum absolute atomic E-state index is 6.95. The van der Waals surface area contributed by atoms with Crippen LogP contribution in [-0.2, 0) is 0 Å². The summed E-state index contributed by atoms with van der Waals surface area (Å²) in [4.78, 5) is 12.5. The van der Waals surface area contributed by atoms with E-state index in [1.807, 2.05) is 52.0 Å². The quantitative estimate of drug-likeness (QED) is 0.670. The van der Waals surface area contributed by atoms with Crippen LogP contribution in [0.4, 0.5) is 0 Å². The molecule has 5 nitrogen and oxygen atoms in total. The van der Waals surface area contributed by atoms with E-state index in [1.54, 1.807) is 6.20 Å². The first kappa shape index (κ1) is 16.5. The van der Waals surface area contributed by atoms with E-state index < -0.39 is 0 Å². The number of aliphatic imine (C=N–C) groups is 1. The summed E-state index contributed by atoms with van der Waals surface area (Å²) in [7, 11) is 0. The molecule has 0 aliphatic carbocycles. The van der Waals surface area contributed by atoms with Gasteiger partial charge in [-0.3, -0.25) is 10.4 Å². The molecule has 0 radical (unpaired) electrons. The molecule has 2 rings (SSSR count). The number of amidine groups is 1. The smallest absolute Gasteiger partial charge is 0.151 e. The third kappa shape index (κ3) is 4.49. The Morgan fingerprint density at radius 1 is 1.14 bits per heavy atom. The monoisotopic (exact) mass is 283 g/mol. The standard InChI is InChI=1S/C14H15N5.C2H6/c1-9-3-4-17-11(5-9)12-6-10(2)7-13(19-12)14(16)18-8-15;1-2/h3-8H,1-2H3,(H3,15,16,18);1-2H3. The number of pyridine rings is 2. The van der Waals surface area contributed by atoms with Crippen LogP contribution in [0.3, 0.4) is 0 Å². The van der Waals surface area contributed by atoms with Crippen LogP contribution in [0.2, 0.25) is 0 Å². The van der Waals surface area contributed by atoms with E-state index in [2.05, 4.69) is 15.0 Å². The fourth-order valence-electron chi connectivity index (χ4n) is 1.74. The normalized spacial score (nSPS) is 10.6. The van der Waals surface area contributed by atoms with Gasteiger partial charge in [0.1, 0.15) is 12.0 Å².